The molecule has 0 bridgehead atoms. The summed E-state index contributed by atoms with van der Waals surface area (Å²) in [6.45, 7) is 15.9. The lowest BCUT2D eigenvalue weighted by atomic mass is 10.1. The summed E-state index contributed by atoms with van der Waals surface area (Å²) in [5.41, 5.74) is 0. The van der Waals surface area contributed by atoms with Gasteiger partial charge in [0.15, 0.2) is 14.6 Å². The summed E-state index contributed by atoms with van der Waals surface area (Å²) >= 11 is 0. The molecule has 1 rings (SSSR count). The van der Waals surface area contributed by atoms with Crippen LogP contribution in [-0.2, 0) is 18.6 Å². The zero-order valence-corrected chi connectivity index (χ0v) is 16.0. The van der Waals surface area contributed by atoms with Crippen molar-refractivity contribution in [3.05, 3.63) is 24.8 Å². The van der Waals surface area contributed by atoms with Gasteiger partial charge in [0.25, 0.3) is 0 Å². The molecule has 1 aliphatic rings. The summed E-state index contributed by atoms with van der Waals surface area (Å²) in [5, 5.41) is 0.147. The molecule has 23 heavy (non-hydrogen) atoms. The van der Waals surface area contributed by atoms with E-state index >= 15 is 0 Å². The fourth-order valence-corrected chi connectivity index (χ4v) is 2.84. The van der Waals surface area contributed by atoms with Crippen molar-refractivity contribution in [2.24, 2.45) is 0 Å². The number of hydrogen-bond acceptors (Lipinski definition) is 4. The molecule has 0 aliphatic carbocycles. The van der Waals surface area contributed by atoms with E-state index in [1.165, 1.54) is 0 Å². The van der Waals surface area contributed by atoms with Crippen molar-refractivity contribution in [3.8, 4) is 12.3 Å². The Bertz CT molecular complexity index is 445. The maximum Gasteiger partial charge on any atom is 0.192 e. The van der Waals surface area contributed by atoms with Crippen LogP contribution in [0.3, 0.4) is 0 Å². The van der Waals surface area contributed by atoms with E-state index in [0.717, 1.165) is 0 Å². The Kier molecular flexibility index (Phi) is 7.72. The number of ether oxygens (including phenoxy) is 3. The van der Waals surface area contributed by atoms with Crippen molar-refractivity contribution in [1.29, 1.82) is 0 Å². The highest BCUT2D eigenvalue weighted by atomic mass is 28.4. The monoisotopic (exact) mass is 338 g/mol. The second kappa shape index (κ2) is 8.81. The van der Waals surface area contributed by atoms with Gasteiger partial charge in [-0.1, -0.05) is 38.8 Å². The smallest absolute Gasteiger partial charge is 0.192 e. The summed E-state index contributed by atoms with van der Waals surface area (Å²) < 4.78 is 23.4. The number of hydrogen-bond donors (Lipinski definition) is 0. The van der Waals surface area contributed by atoms with Gasteiger partial charge in [0, 0.05) is 0 Å². The Balaban J connectivity index is 2.71. The van der Waals surface area contributed by atoms with E-state index in [-0.39, 0.29) is 23.9 Å². The first-order chi connectivity index (χ1) is 10.7. The first kappa shape index (κ1) is 20.1. The van der Waals surface area contributed by atoms with Gasteiger partial charge in [-0.05, 0) is 24.2 Å². The molecule has 1 aliphatic heterocycles. The molecule has 3 atom stereocenters. The molecule has 0 aromatic heterocycles. The van der Waals surface area contributed by atoms with Crippen LogP contribution in [0.5, 0.6) is 0 Å². The second-order valence-corrected chi connectivity index (χ2v) is 11.9. The minimum Gasteiger partial charge on any atom is -0.414 e. The summed E-state index contributed by atoms with van der Waals surface area (Å²) in [6.07, 6.45) is 9.87. The predicted molar refractivity (Wildman–Crippen MR) is 95.7 cm³/mol. The van der Waals surface area contributed by atoms with Crippen LogP contribution in [0.2, 0.25) is 18.1 Å². The van der Waals surface area contributed by atoms with Crippen LogP contribution in [0, 0.1) is 12.3 Å². The molecule has 5 heteroatoms. The lowest BCUT2D eigenvalue weighted by molar-refractivity contribution is -0.179. The molecule has 0 amide bonds. The minimum absolute atomic E-state index is 0.147. The standard InChI is InChI=1S/C18H30O4Si/c1-8-12-19-15-10-11-17(20-13-9-2)22-16(15)14-21-23(6,7)18(3,4)5/h2,8,10-11,15-17H,1,12-14H2,3-7H3/t15-,16+,17-/m0/s1. The normalized spacial score (nSPS) is 25.1. The number of rotatable bonds is 8. The van der Waals surface area contributed by atoms with Gasteiger partial charge in [0.2, 0.25) is 0 Å². The van der Waals surface area contributed by atoms with E-state index < -0.39 is 14.6 Å². The van der Waals surface area contributed by atoms with E-state index in [1.54, 1.807) is 6.08 Å². The minimum atomic E-state index is -1.85. The fourth-order valence-electron chi connectivity index (χ4n) is 1.83. The summed E-state index contributed by atoms with van der Waals surface area (Å²) in [4.78, 5) is 0. The highest BCUT2D eigenvalue weighted by Gasteiger charge is 2.39. The van der Waals surface area contributed by atoms with Gasteiger partial charge in [-0.25, -0.2) is 0 Å². The first-order valence-corrected chi connectivity index (χ1v) is 10.9. The van der Waals surface area contributed by atoms with E-state index in [4.69, 9.17) is 25.1 Å². The summed E-state index contributed by atoms with van der Waals surface area (Å²) in [5.74, 6) is 2.45. The van der Waals surface area contributed by atoms with E-state index in [1.807, 2.05) is 12.2 Å². The molecule has 0 radical (unpaired) electrons. The van der Waals surface area contributed by atoms with Crippen molar-refractivity contribution in [2.45, 2.75) is 57.4 Å². The van der Waals surface area contributed by atoms with Crippen LogP contribution < -0.4 is 0 Å². The Morgan fingerprint density at radius 1 is 1.30 bits per heavy atom. The molecule has 0 saturated heterocycles. The van der Waals surface area contributed by atoms with Crippen LogP contribution in [-0.4, -0.2) is 46.6 Å². The van der Waals surface area contributed by atoms with Crippen LogP contribution in [0.1, 0.15) is 20.8 Å². The topological polar surface area (TPSA) is 36.9 Å². The van der Waals surface area contributed by atoms with Gasteiger partial charge in [-0.2, -0.15) is 0 Å². The Labute approximate surface area is 142 Å². The van der Waals surface area contributed by atoms with Gasteiger partial charge >= 0.3 is 0 Å². The molecule has 0 saturated carbocycles. The molecule has 4 nitrogen and oxygen atoms in total. The highest BCUT2D eigenvalue weighted by molar-refractivity contribution is 6.74. The molecular weight excluding hydrogens is 308 g/mol. The molecule has 0 fully saturated rings. The van der Waals surface area contributed by atoms with Crippen LogP contribution in [0.25, 0.3) is 0 Å². The van der Waals surface area contributed by atoms with Gasteiger partial charge in [-0.15, -0.1) is 13.0 Å². The van der Waals surface area contributed by atoms with Gasteiger partial charge in [-0.3, -0.25) is 0 Å². The Hall–Kier alpha value is -0.903. The van der Waals surface area contributed by atoms with E-state index in [2.05, 4.69) is 46.4 Å². The largest absolute Gasteiger partial charge is 0.414 e. The van der Waals surface area contributed by atoms with Crippen LogP contribution >= 0.6 is 0 Å². The van der Waals surface area contributed by atoms with E-state index in [9.17, 15) is 0 Å². The maximum atomic E-state index is 6.27. The maximum absolute atomic E-state index is 6.27. The third-order valence-corrected chi connectivity index (χ3v) is 8.79. The average Bonchev–Trinajstić information content (AvgIpc) is 2.48. The Morgan fingerprint density at radius 3 is 2.57 bits per heavy atom. The SMILES string of the molecule is C#CCO[C@@H]1C=C[C@H](OCC=C)[C@@H](CO[Si](C)(C)C(C)(C)C)O1. The summed E-state index contributed by atoms with van der Waals surface area (Å²) in [6, 6.07) is 0. The quantitative estimate of drug-likeness (QED) is 0.385. The van der Waals surface area contributed by atoms with Crippen molar-refractivity contribution in [1.82, 2.24) is 0 Å². The first-order valence-electron chi connectivity index (χ1n) is 7.96. The van der Waals surface area contributed by atoms with Crippen LogP contribution in [0.4, 0.5) is 0 Å². The molecule has 0 aromatic rings. The van der Waals surface area contributed by atoms with Gasteiger partial charge in [0.05, 0.1) is 13.2 Å². The zero-order chi connectivity index (χ0) is 17.5. The predicted octanol–water partition coefficient (Wildman–Crippen LogP) is 3.51. The molecule has 130 valence electrons. The molecular formula is C18H30O4Si. The molecule has 0 N–H and O–H groups in total. The molecule has 0 aromatic carbocycles. The lowest BCUT2D eigenvalue weighted by Crippen LogP contribution is -2.47. The van der Waals surface area contributed by atoms with Crippen LogP contribution in [0.15, 0.2) is 24.8 Å². The average molecular weight is 339 g/mol. The molecule has 0 unspecified atom stereocenters. The lowest BCUT2D eigenvalue weighted by Gasteiger charge is -2.39. The van der Waals surface area contributed by atoms with Crippen molar-refractivity contribution in [2.75, 3.05) is 19.8 Å². The van der Waals surface area contributed by atoms with Gasteiger partial charge in [0.1, 0.15) is 18.8 Å². The summed E-state index contributed by atoms with van der Waals surface area (Å²) in [7, 11) is -1.85. The second-order valence-electron chi connectivity index (χ2n) is 7.10. The van der Waals surface area contributed by atoms with Crippen molar-refractivity contribution >= 4 is 8.32 Å². The fraction of sp³-hybridized carbons (Fsp3) is 0.667. The van der Waals surface area contributed by atoms with Crippen molar-refractivity contribution in [3.63, 3.8) is 0 Å². The number of terminal acetylenes is 1. The highest BCUT2D eigenvalue weighted by Crippen LogP contribution is 2.37. The Morgan fingerprint density at radius 2 is 2.00 bits per heavy atom. The van der Waals surface area contributed by atoms with E-state index in [0.29, 0.717) is 13.2 Å². The molecule has 0 spiro atoms. The van der Waals surface area contributed by atoms with Crippen molar-refractivity contribution < 1.29 is 18.6 Å². The molecule has 1 heterocycles. The third kappa shape index (κ3) is 6.25. The van der Waals surface area contributed by atoms with Gasteiger partial charge < -0.3 is 18.6 Å². The zero-order valence-electron chi connectivity index (χ0n) is 15.0. The third-order valence-electron chi connectivity index (χ3n) is 4.29.